The molecule has 3 aliphatic carbocycles. The highest BCUT2D eigenvalue weighted by molar-refractivity contribution is 5.74. The molecule has 3 heteroatoms. The molecule has 1 aliphatic heterocycles. The van der Waals surface area contributed by atoms with E-state index in [1.165, 1.54) is 44.9 Å². The second-order valence-corrected chi connectivity index (χ2v) is 10.7. The number of fused-ring (bicyclic) bond motifs is 1. The molecule has 4 fully saturated rings. The van der Waals surface area contributed by atoms with Crippen molar-refractivity contribution in [3.05, 3.63) is 24.0 Å². The van der Waals surface area contributed by atoms with E-state index in [2.05, 4.69) is 38.7 Å². The third-order valence-electron chi connectivity index (χ3n) is 8.71. The highest BCUT2D eigenvalue weighted by atomic mass is 16.5. The van der Waals surface area contributed by atoms with Crippen molar-refractivity contribution in [1.29, 1.82) is 0 Å². The summed E-state index contributed by atoms with van der Waals surface area (Å²) >= 11 is 0. The minimum atomic E-state index is -0.0276. The summed E-state index contributed by atoms with van der Waals surface area (Å²) in [6.45, 7) is 13.8. The maximum Gasteiger partial charge on any atom is 0.217 e. The first-order valence-corrected chi connectivity index (χ1v) is 11.0. The van der Waals surface area contributed by atoms with Gasteiger partial charge in [0.1, 0.15) is 12.4 Å². The number of carbonyl (C=O) groups is 1. The summed E-state index contributed by atoms with van der Waals surface area (Å²) in [5, 5.41) is 3.03. The Morgan fingerprint density at radius 3 is 2.63 bits per heavy atom. The Morgan fingerprint density at radius 2 is 1.96 bits per heavy atom. The van der Waals surface area contributed by atoms with Crippen molar-refractivity contribution >= 4 is 5.91 Å². The van der Waals surface area contributed by atoms with Gasteiger partial charge in [-0.3, -0.25) is 4.79 Å². The van der Waals surface area contributed by atoms with Gasteiger partial charge in [0.25, 0.3) is 0 Å². The summed E-state index contributed by atoms with van der Waals surface area (Å²) in [5.41, 5.74) is 2.60. The molecule has 0 unspecified atom stereocenters. The fourth-order valence-corrected chi connectivity index (χ4v) is 7.30. The molecule has 3 saturated carbocycles. The van der Waals surface area contributed by atoms with Gasteiger partial charge in [0.05, 0.1) is 6.04 Å². The van der Waals surface area contributed by atoms with Crippen molar-refractivity contribution in [2.24, 2.45) is 28.1 Å². The quantitative estimate of drug-likeness (QED) is 0.724. The van der Waals surface area contributed by atoms with Crippen LogP contribution in [0.25, 0.3) is 0 Å². The van der Waals surface area contributed by atoms with E-state index in [0.29, 0.717) is 22.9 Å². The van der Waals surface area contributed by atoms with Crippen molar-refractivity contribution in [2.75, 3.05) is 6.61 Å². The van der Waals surface area contributed by atoms with Crippen LogP contribution in [-0.2, 0) is 9.53 Å². The number of nitrogens with one attached hydrogen (secondary N) is 1. The first-order valence-electron chi connectivity index (χ1n) is 11.0. The number of carbonyl (C=O) groups excluding carboxylic acids is 1. The Hall–Kier alpha value is -1.25. The van der Waals surface area contributed by atoms with E-state index in [-0.39, 0.29) is 11.9 Å². The summed E-state index contributed by atoms with van der Waals surface area (Å²) in [5.74, 6) is 2.34. The Balaban J connectivity index is 1.61. The number of rotatable bonds is 3. The van der Waals surface area contributed by atoms with Crippen molar-refractivity contribution in [3.8, 4) is 0 Å². The largest absolute Gasteiger partial charge is 0.491 e. The zero-order valence-corrected chi connectivity index (χ0v) is 17.7. The van der Waals surface area contributed by atoms with E-state index in [1.807, 2.05) is 0 Å². The Kier molecular flexibility index (Phi) is 4.51. The van der Waals surface area contributed by atoms with E-state index < -0.39 is 0 Å². The predicted molar refractivity (Wildman–Crippen MR) is 109 cm³/mol. The van der Waals surface area contributed by atoms with Gasteiger partial charge in [-0.05, 0) is 73.0 Å². The maximum absolute atomic E-state index is 11.6. The fraction of sp³-hybridized carbons (Fsp3) is 0.792. The minimum absolute atomic E-state index is 0.00147. The summed E-state index contributed by atoms with van der Waals surface area (Å²) < 4.78 is 5.67. The Bertz CT molecular complexity index is 672. The molecule has 0 aromatic heterocycles. The fourth-order valence-electron chi connectivity index (χ4n) is 7.30. The molecule has 1 saturated heterocycles. The normalized spacial score (nSPS) is 40.5. The van der Waals surface area contributed by atoms with E-state index in [4.69, 9.17) is 4.74 Å². The molecule has 0 aromatic carbocycles. The van der Waals surface area contributed by atoms with E-state index >= 15 is 0 Å². The SMILES string of the molecule is C=C1OC[C@@H](NC(C)=O)/C1=C\C[C@H]1C2(CC[C@H]3C(C)(C)CCC[C@@]31C)CC2. The molecule has 1 N–H and O–H groups in total. The van der Waals surface area contributed by atoms with Gasteiger partial charge in [0.15, 0.2) is 0 Å². The molecule has 0 radical (unpaired) electrons. The average molecular weight is 372 g/mol. The van der Waals surface area contributed by atoms with Crippen LogP contribution in [-0.4, -0.2) is 18.6 Å². The number of hydrogen-bond acceptors (Lipinski definition) is 2. The van der Waals surface area contributed by atoms with Crippen LogP contribution < -0.4 is 5.32 Å². The van der Waals surface area contributed by atoms with Gasteiger partial charge in [0, 0.05) is 12.5 Å². The lowest BCUT2D eigenvalue weighted by atomic mass is 9.45. The molecule has 27 heavy (non-hydrogen) atoms. The van der Waals surface area contributed by atoms with E-state index in [9.17, 15) is 4.79 Å². The van der Waals surface area contributed by atoms with Crippen LogP contribution in [0.15, 0.2) is 24.0 Å². The van der Waals surface area contributed by atoms with Crippen LogP contribution in [0.5, 0.6) is 0 Å². The molecule has 150 valence electrons. The molecule has 0 bridgehead atoms. The third-order valence-corrected chi connectivity index (χ3v) is 8.71. The summed E-state index contributed by atoms with van der Waals surface area (Å²) in [6, 6.07) is -0.0276. The molecule has 0 aromatic rings. The molecule has 4 rings (SSSR count). The molecule has 1 amide bonds. The average Bonchev–Trinajstić information content (AvgIpc) is 3.25. The first-order chi connectivity index (χ1) is 12.7. The van der Waals surface area contributed by atoms with Gasteiger partial charge in [-0.1, -0.05) is 39.8 Å². The van der Waals surface area contributed by atoms with Crippen LogP contribution in [0.3, 0.4) is 0 Å². The molecule has 4 aliphatic rings. The van der Waals surface area contributed by atoms with Crippen LogP contribution in [0.4, 0.5) is 0 Å². The molecular formula is C24H37NO2. The smallest absolute Gasteiger partial charge is 0.217 e. The maximum atomic E-state index is 11.6. The van der Waals surface area contributed by atoms with Gasteiger partial charge < -0.3 is 10.1 Å². The molecular weight excluding hydrogens is 334 g/mol. The number of hydrogen-bond donors (Lipinski definition) is 1. The Morgan fingerprint density at radius 1 is 1.22 bits per heavy atom. The van der Waals surface area contributed by atoms with Gasteiger partial charge in [-0.25, -0.2) is 0 Å². The van der Waals surface area contributed by atoms with Crippen molar-refractivity contribution in [3.63, 3.8) is 0 Å². The predicted octanol–water partition coefficient (Wildman–Crippen LogP) is 5.37. The monoisotopic (exact) mass is 371 g/mol. The zero-order chi connectivity index (χ0) is 19.4. The van der Waals surface area contributed by atoms with E-state index in [0.717, 1.165) is 29.6 Å². The summed E-state index contributed by atoms with van der Waals surface area (Å²) in [7, 11) is 0. The molecule has 1 heterocycles. The third kappa shape index (κ3) is 3.15. The van der Waals surface area contributed by atoms with Crippen LogP contribution in [0.1, 0.15) is 79.1 Å². The van der Waals surface area contributed by atoms with Crippen LogP contribution >= 0.6 is 0 Å². The van der Waals surface area contributed by atoms with Crippen LogP contribution in [0.2, 0.25) is 0 Å². The van der Waals surface area contributed by atoms with Gasteiger partial charge in [-0.15, -0.1) is 0 Å². The number of amides is 1. The van der Waals surface area contributed by atoms with Gasteiger partial charge in [0.2, 0.25) is 5.91 Å². The lowest BCUT2D eigenvalue weighted by Crippen LogP contribution is -2.52. The molecule has 1 spiro atoms. The van der Waals surface area contributed by atoms with Crippen LogP contribution in [0, 0.1) is 28.1 Å². The number of allylic oxidation sites excluding steroid dienone is 1. The highest BCUT2D eigenvalue weighted by Gasteiger charge is 2.62. The number of ether oxygens (including phenoxy) is 1. The standard InChI is InChI=1S/C24H37NO2/c1-16-18(19(15-27-16)25-17(2)26)7-8-21-23(5)11-6-10-22(3,4)20(23)9-12-24(21)13-14-24/h7,19-21H,1,6,8-15H2,2-5H3,(H,25,26)/b18-7-/t19-,20+,21-,23+/m1/s1. The first kappa shape index (κ1) is 19.1. The second kappa shape index (κ2) is 6.39. The van der Waals surface area contributed by atoms with Crippen molar-refractivity contribution in [1.82, 2.24) is 5.32 Å². The Labute approximate surface area is 165 Å². The highest BCUT2D eigenvalue weighted by Crippen LogP contribution is 2.72. The molecule has 4 atom stereocenters. The molecule has 3 nitrogen and oxygen atoms in total. The second-order valence-electron chi connectivity index (χ2n) is 10.7. The lowest BCUT2D eigenvalue weighted by molar-refractivity contribution is -0.119. The summed E-state index contributed by atoms with van der Waals surface area (Å²) in [4.78, 5) is 11.6. The summed E-state index contributed by atoms with van der Waals surface area (Å²) in [6.07, 6.45) is 13.3. The zero-order valence-electron chi connectivity index (χ0n) is 17.7. The van der Waals surface area contributed by atoms with Crippen molar-refractivity contribution in [2.45, 2.75) is 85.1 Å². The minimum Gasteiger partial charge on any atom is -0.491 e. The van der Waals surface area contributed by atoms with Crippen molar-refractivity contribution < 1.29 is 9.53 Å². The lowest BCUT2D eigenvalue weighted by Gasteiger charge is -2.60. The van der Waals surface area contributed by atoms with Gasteiger partial charge >= 0.3 is 0 Å². The van der Waals surface area contributed by atoms with E-state index in [1.54, 1.807) is 6.92 Å². The topological polar surface area (TPSA) is 38.3 Å². The van der Waals surface area contributed by atoms with Gasteiger partial charge in [-0.2, -0.15) is 0 Å².